The molecule has 10 heavy (non-hydrogen) atoms. The summed E-state index contributed by atoms with van der Waals surface area (Å²) in [7, 11) is 0. The molecule has 1 rings (SSSR count). The number of allylic oxidation sites excluding steroid dienone is 3. The van der Waals surface area contributed by atoms with Gasteiger partial charge in [0, 0.05) is 11.4 Å². The molecule has 0 aromatic rings. The fourth-order valence-electron chi connectivity index (χ4n) is 0.989. The molecule has 0 unspecified atom stereocenters. The van der Waals surface area contributed by atoms with E-state index in [1.807, 2.05) is 13.0 Å². The average molecular weight is 136 g/mol. The molecule has 1 aliphatic heterocycles. The van der Waals surface area contributed by atoms with Crippen LogP contribution >= 0.6 is 0 Å². The Kier molecular flexibility index (Phi) is 2.26. The minimum atomic E-state index is 1.02. The van der Waals surface area contributed by atoms with Crippen molar-refractivity contribution in [3.05, 3.63) is 24.0 Å². The fraction of sp³-hybridized carbons (Fsp3) is 0.375. The molecular weight excluding hydrogens is 124 g/mol. The zero-order valence-electron chi connectivity index (χ0n) is 6.17. The molecule has 54 valence electrons. The highest BCUT2D eigenvalue weighted by molar-refractivity contribution is 5.96. The van der Waals surface area contributed by atoms with Gasteiger partial charge in [0.05, 0.1) is 0 Å². The van der Waals surface area contributed by atoms with Crippen LogP contribution in [0.3, 0.4) is 0 Å². The lowest BCUT2D eigenvalue weighted by molar-refractivity contribution is 1.02. The van der Waals surface area contributed by atoms with E-state index in [1.165, 1.54) is 6.20 Å². The molecule has 0 spiro atoms. The van der Waals surface area contributed by atoms with Crippen molar-refractivity contribution in [1.82, 2.24) is 0 Å². The molecule has 0 saturated carbocycles. The number of hydrogen-bond acceptors (Lipinski definition) is 2. The molecule has 0 amide bonds. The SMILES string of the molecule is CC1=CCCC(C=CN)=N1. The molecule has 1 heterocycles. The molecule has 2 nitrogen and oxygen atoms in total. The Morgan fingerprint density at radius 3 is 3.10 bits per heavy atom. The van der Waals surface area contributed by atoms with Crippen LogP contribution in [0.1, 0.15) is 19.8 Å². The first-order chi connectivity index (χ1) is 4.83. The summed E-state index contributed by atoms with van der Waals surface area (Å²) in [6.45, 7) is 2.00. The molecule has 0 saturated heterocycles. The number of rotatable bonds is 1. The van der Waals surface area contributed by atoms with Crippen molar-refractivity contribution >= 4 is 5.71 Å². The molecule has 2 heteroatoms. The lowest BCUT2D eigenvalue weighted by Crippen LogP contribution is -1.99. The Hall–Kier alpha value is -1.05. The van der Waals surface area contributed by atoms with Crippen LogP contribution in [-0.4, -0.2) is 5.71 Å². The first kappa shape index (κ1) is 7.06. The minimum Gasteiger partial charge on any atom is -0.405 e. The second-order valence-corrected chi connectivity index (χ2v) is 2.35. The van der Waals surface area contributed by atoms with E-state index in [-0.39, 0.29) is 0 Å². The molecule has 0 atom stereocenters. The van der Waals surface area contributed by atoms with Crippen LogP contribution in [0.4, 0.5) is 0 Å². The van der Waals surface area contributed by atoms with Crippen LogP contribution in [0.15, 0.2) is 29.0 Å². The van der Waals surface area contributed by atoms with Gasteiger partial charge in [-0.25, -0.2) is 0 Å². The van der Waals surface area contributed by atoms with Gasteiger partial charge in [-0.2, -0.15) is 0 Å². The van der Waals surface area contributed by atoms with E-state index in [2.05, 4.69) is 11.1 Å². The highest BCUT2D eigenvalue weighted by Crippen LogP contribution is 2.09. The molecule has 0 fully saturated rings. The second-order valence-electron chi connectivity index (χ2n) is 2.35. The van der Waals surface area contributed by atoms with Crippen LogP contribution in [-0.2, 0) is 0 Å². The highest BCUT2D eigenvalue weighted by Gasteiger charge is 1.99. The molecular formula is C8H12N2. The number of hydrogen-bond donors (Lipinski definition) is 1. The summed E-state index contributed by atoms with van der Waals surface area (Å²) < 4.78 is 0. The predicted octanol–water partition coefficient (Wildman–Crippen LogP) is 1.60. The maximum Gasteiger partial charge on any atom is 0.0424 e. The minimum absolute atomic E-state index is 1.02. The summed E-state index contributed by atoms with van der Waals surface area (Å²) in [5, 5.41) is 0. The quantitative estimate of drug-likeness (QED) is 0.584. The zero-order valence-corrected chi connectivity index (χ0v) is 6.17. The van der Waals surface area contributed by atoms with E-state index in [0.717, 1.165) is 24.3 Å². The van der Waals surface area contributed by atoms with Gasteiger partial charge < -0.3 is 5.73 Å². The van der Waals surface area contributed by atoms with E-state index in [0.29, 0.717) is 0 Å². The molecule has 0 aromatic heterocycles. The third kappa shape index (κ3) is 1.72. The summed E-state index contributed by atoms with van der Waals surface area (Å²) >= 11 is 0. The fourth-order valence-corrected chi connectivity index (χ4v) is 0.989. The first-order valence-corrected chi connectivity index (χ1v) is 3.45. The molecule has 0 bridgehead atoms. The van der Waals surface area contributed by atoms with E-state index in [9.17, 15) is 0 Å². The third-order valence-corrected chi connectivity index (χ3v) is 1.45. The average Bonchev–Trinajstić information content (AvgIpc) is 1.88. The van der Waals surface area contributed by atoms with Gasteiger partial charge >= 0.3 is 0 Å². The van der Waals surface area contributed by atoms with Crippen molar-refractivity contribution in [2.75, 3.05) is 0 Å². The van der Waals surface area contributed by atoms with E-state index in [4.69, 9.17) is 5.73 Å². The zero-order chi connectivity index (χ0) is 7.40. The number of nitrogens with two attached hydrogens (primary N) is 1. The Morgan fingerprint density at radius 2 is 2.50 bits per heavy atom. The topological polar surface area (TPSA) is 38.4 Å². The largest absolute Gasteiger partial charge is 0.405 e. The van der Waals surface area contributed by atoms with Crippen LogP contribution < -0.4 is 5.73 Å². The van der Waals surface area contributed by atoms with Crippen molar-refractivity contribution in [2.45, 2.75) is 19.8 Å². The smallest absolute Gasteiger partial charge is 0.0424 e. The van der Waals surface area contributed by atoms with Gasteiger partial charge in [-0.1, -0.05) is 6.08 Å². The maximum absolute atomic E-state index is 5.22. The first-order valence-electron chi connectivity index (χ1n) is 3.45. The predicted molar refractivity (Wildman–Crippen MR) is 43.8 cm³/mol. The molecule has 0 aromatic carbocycles. The van der Waals surface area contributed by atoms with Crippen LogP contribution in [0.25, 0.3) is 0 Å². The Balaban J connectivity index is 2.68. The molecule has 1 aliphatic rings. The van der Waals surface area contributed by atoms with Gasteiger partial charge in [0.25, 0.3) is 0 Å². The second kappa shape index (κ2) is 3.20. The van der Waals surface area contributed by atoms with Crippen LogP contribution in [0.5, 0.6) is 0 Å². The lowest BCUT2D eigenvalue weighted by Gasteiger charge is -2.05. The monoisotopic (exact) mass is 136 g/mol. The van der Waals surface area contributed by atoms with Gasteiger partial charge in [-0.15, -0.1) is 0 Å². The summed E-state index contributed by atoms with van der Waals surface area (Å²) in [6.07, 6.45) is 7.64. The summed E-state index contributed by atoms with van der Waals surface area (Å²) in [4.78, 5) is 4.28. The van der Waals surface area contributed by atoms with E-state index in [1.54, 1.807) is 0 Å². The van der Waals surface area contributed by atoms with Gasteiger partial charge in [0.15, 0.2) is 0 Å². The Morgan fingerprint density at radius 1 is 1.70 bits per heavy atom. The highest BCUT2D eigenvalue weighted by atomic mass is 14.8. The van der Waals surface area contributed by atoms with Crippen LogP contribution in [0.2, 0.25) is 0 Å². The summed E-state index contributed by atoms with van der Waals surface area (Å²) in [5.41, 5.74) is 7.41. The standard InChI is InChI=1S/C8H12N2/c1-7-3-2-4-8(10-7)5-6-9/h3,5-6H,2,4,9H2,1H3. The van der Waals surface area contributed by atoms with Crippen molar-refractivity contribution in [2.24, 2.45) is 10.7 Å². The van der Waals surface area contributed by atoms with Crippen molar-refractivity contribution in [1.29, 1.82) is 0 Å². The maximum atomic E-state index is 5.22. The number of nitrogens with zero attached hydrogens (tertiary/aromatic N) is 1. The van der Waals surface area contributed by atoms with Gasteiger partial charge in [0.2, 0.25) is 0 Å². The molecule has 0 aliphatic carbocycles. The Labute approximate surface area is 61.1 Å². The molecule has 0 radical (unpaired) electrons. The van der Waals surface area contributed by atoms with E-state index < -0.39 is 0 Å². The Bertz CT molecular complexity index is 199. The summed E-state index contributed by atoms with van der Waals surface area (Å²) in [5.74, 6) is 0. The van der Waals surface area contributed by atoms with Gasteiger partial charge in [-0.05, 0) is 32.0 Å². The van der Waals surface area contributed by atoms with Crippen LogP contribution in [0, 0.1) is 0 Å². The van der Waals surface area contributed by atoms with Gasteiger partial charge in [0.1, 0.15) is 0 Å². The van der Waals surface area contributed by atoms with Gasteiger partial charge in [-0.3, -0.25) is 4.99 Å². The van der Waals surface area contributed by atoms with Crippen molar-refractivity contribution in [3.63, 3.8) is 0 Å². The molecule has 2 N–H and O–H groups in total. The lowest BCUT2D eigenvalue weighted by atomic mass is 10.1. The number of aliphatic imine (C=N–C) groups is 1. The third-order valence-electron chi connectivity index (χ3n) is 1.45. The summed E-state index contributed by atoms with van der Waals surface area (Å²) in [6, 6.07) is 0. The normalized spacial score (nSPS) is 18.9. The van der Waals surface area contributed by atoms with E-state index >= 15 is 0 Å². The van der Waals surface area contributed by atoms with Crippen molar-refractivity contribution < 1.29 is 0 Å². The van der Waals surface area contributed by atoms with Crippen molar-refractivity contribution in [3.8, 4) is 0 Å².